The summed E-state index contributed by atoms with van der Waals surface area (Å²) in [5, 5.41) is 4.40. The molecule has 0 aliphatic rings. The Hall–Kier alpha value is -13.3. The molecule has 0 aliphatic carbocycles. The van der Waals surface area contributed by atoms with E-state index in [-0.39, 0.29) is 0 Å². The molecular formula is C90H58N8. The number of benzene rings is 11. The fraction of sp³-hybridized carbons (Fsp3) is 0. The lowest BCUT2D eigenvalue weighted by Crippen LogP contribution is -2.02. The first-order valence-electron chi connectivity index (χ1n) is 33.0. The summed E-state index contributed by atoms with van der Waals surface area (Å²) in [5.41, 5.74) is 27.0. The zero-order valence-corrected chi connectivity index (χ0v) is 53.1. The largest absolute Gasteiger partial charge is 0.309 e. The summed E-state index contributed by atoms with van der Waals surface area (Å²) in [5.74, 6) is 0.614. The van der Waals surface area contributed by atoms with Gasteiger partial charge in [-0.1, -0.05) is 237 Å². The molecule has 8 nitrogen and oxygen atoms in total. The topological polar surface area (TPSA) is 87.2 Å². The van der Waals surface area contributed by atoms with Gasteiger partial charge in [-0.2, -0.15) is 0 Å². The molecule has 7 heterocycles. The molecule has 98 heavy (non-hydrogen) atoms. The maximum Gasteiger partial charge on any atom is 0.160 e. The highest BCUT2D eigenvalue weighted by atomic mass is 15.0. The average Bonchev–Trinajstić information content (AvgIpc) is 1.55. The Balaban J connectivity index is 0.839. The van der Waals surface area contributed by atoms with Crippen LogP contribution in [0.3, 0.4) is 0 Å². The standard InChI is InChI=1S/C90H58N8/c1-6-24-59(25-7-1)86-68(36-20-50-91-86)64-42-46-82-74(54-64)75-55-65(69-37-21-51-92-87(69)60-26-8-2-9-27-60)43-47-83(75)97(82)80-40-18-16-34-72(80)78-58-79(96-90(95-78)63-32-14-5-15-33-63)73-35-17-19-41-81(73)98-84-48-44-66(70-38-22-52-93-88(70)61-28-10-3-11-29-61)56-76(84)77-57-67(45-49-85(77)98)71-39-23-53-94-89(71)62-30-12-4-13-31-62/h1-58H. The van der Waals surface area contributed by atoms with Crippen molar-refractivity contribution in [1.82, 2.24) is 39.0 Å². The van der Waals surface area contributed by atoms with Gasteiger partial charge in [0, 0.05) is 108 Å². The van der Waals surface area contributed by atoms with Gasteiger partial charge in [0.2, 0.25) is 0 Å². The van der Waals surface area contributed by atoms with Crippen LogP contribution in [0.2, 0.25) is 0 Å². The van der Waals surface area contributed by atoms with Gasteiger partial charge in [0.05, 0.1) is 67.6 Å². The lowest BCUT2D eigenvalue weighted by molar-refractivity contribution is 1.14. The summed E-state index contributed by atoms with van der Waals surface area (Å²) in [6, 6.07) is 116. The fourth-order valence-electron chi connectivity index (χ4n) is 14.3. The van der Waals surface area contributed by atoms with Gasteiger partial charge in [-0.15, -0.1) is 0 Å². The third kappa shape index (κ3) is 10.2. The van der Waals surface area contributed by atoms with E-state index < -0.39 is 0 Å². The van der Waals surface area contributed by atoms with Crippen LogP contribution in [0.5, 0.6) is 0 Å². The molecule has 0 saturated carbocycles. The first-order chi connectivity index (χ1) is 48.6. The summed E-state index contributed by atoms with van der Waals surface area (Å²) in [7, 11) is 0. The van der Waals surface area contributed by atoms with Crippen molar-refractivity contribution >= 4 is 43.6 Å². The molecule has 0 aliphatic heterocycles. The first-order valence-corrected chi connectivity index (χ1v) is 33.0. The van der Waals surface area contributed by atoms with Gasteiger partial charge < -0.3 is 9.13 Å². The number of nitrogens with zero attached hydrogens (tertiary/aromatic N) is 8. The molecule has 0 bridgehead atoms. The van der Waals surface area contributed by atoms with Crippen LogP contribution >= 0.6 is 0 Å². The van der Waals surface area contributed by atoms with Gasteiger partial charge in [-0.3, -0.25) is 19.9 Å². The van der Waals surface area contributed by atoms with Crippen LogP contribution in [-0.4, -0.2) is 39.0 Å². The van der Waals surface area contributed by atoms with Crippen molar-refractivity contribution in [3.05, 3.63) is 352 Å². The maximum absolute atomic E-state index is 5.59. The van der Waals surface area contributed by atoms with E-state index in [4.69, 9.17) is 29.9 Å². The summed E-state index contributed by atoms with van der Waals surface area (Å²) >= 11 is 0. The van der Waals surface area contributed by atoms with Gasteiger partial charge >= 0.3 is 0 Å². The Kier molecular flexibility index (Phi) is 14.4. The Morgan fingerprint density at radius 2 is 0.449 bits per heavy atom. The second kappa shape index (κ2) is 24.6. The van der Waals surface area contributed by atoms with E-state index in [1.165, 1.54) is 0 Å². The molecule has 7 aromatic heterocycles. The smallest absolute Gasteiger partial charge is 0.160 e. The molecule has 18 rings (SSSR count). The van der Waals surface area contributed by atoms with Crippen molar-refractivity contribution in [2.75, 3.05) is 0 Å². The van der Waals surface area contributed by atoms with Crippen molar-refractivity contribution < 1.29 is 0 Å². The Morgan fingerprint density at radius 1 is 0.194 bits per heavy atom. The minimum Gasteiger partial charge on any atom is -0.309 e. The quantitative estimate of drug-likeness (QED) is 0.114. The zero-order valence-electron chi connectivity index (χ0n) is 53.1. The molecule has 0 saturated heterocycles. The lowest BCUT2D eigenvalue weighted by Gasteiger charge is -2.17. The lowest BCUT2D eigenvalue weighted by atomic mass is 9.96. The van der Waals surface area contributed by atoms with Crippen LogP contribution in [0, 0.1) is 0 Å². The number of rotatable bonds is 13. The van der Waals surface area contributed by atoms with Gasteiger partial charge in [-0.05, 0) is 113 Å². The molecule has 0 N–H and O–H groups in total. The van der Waals surface area contributed by atoms with Crippen molar-refractivity contribution in [3.63, 3.8) is 0 Å². The van der Waals surface area contributed by atoms with Crippen LogP contribution in [-0.2, 0) is 0 Å². The van der Waals surface area contributed by atoms with E-state index in [1.807, 2.05) is 79.4 Å². The van der Waals surface area contributed by atoms with Crippen LogP contribution in [0.15, 0.2) is 352 Å². The van der Waals surface area contributed by atoms with Gasteiger partial charge in [0.15, 0.2) is 5.82 Å². The van der Waals surface area contributed by atoms with Gasteiger partial charge in [0.25, 0.3) is 0 Å². The van der Waals surface area contributed by atoms with Gasteiger partial charge in [0.1, 0.15) is 0 Å². The molecule has 0 fully saturated rings. The molecule has 458 valence electrons. The van der Waals surface area contributed by atoms with Crippen LogP contribution in [0.1, 0.15) is 0 Å². The van der Waals surface area contributed by atoms with Crippen molar-refractivity contribution in [2.24, 2.45) is 0 Å². The number of hydrogen-bond donors (Lipinski definition) is 0. The molecular weight excluding hydrogens is 1190 g/mol. The van der Waals surface area contributed by atoms with Crippen LogP contribution in [0.4, 0.5) is 0 Å². The average molecular weight is 1250 g/mol. The highest BCUT2D eigenvalue weighted by molar-refractivity contribution is 6.14. The van der Waals surface area contributed by atoms with E-state index >= 15 is 0 Å². The van der Waals surface area contributed by atoms with E-state index in [9.17, 15) is 0 Å². The highest BCUT2D eigenvalue weighted by Crippen LogP contribution is 2.46. The molecule has 0 amide bonds. The monoisotopic (exact) mass is 1250 g/mol. The Labute approximate surface area is 566 Å². The van der Waals surface area contributed by atoms with Crippen LogP contribution in [0.25, 0.3) is 178 Å². The summed E-state index contributed by atoms with van der Waals surface area (Å²) < 4.78 is 4.83. The predicted molar refractivity (Wildman–Crippen MR) is 402 cm³/mol. The maximum atomic E-state index is 5.59. The summed E-state index contributed by atoms with van der Waals surface area (Å²) in [4.78, 5) is 31.1. The minimum absolute atomic E-state index is 0.614. The Bertz CT molecular complexity index is 5420. The van der Waals surface area contributed by atoms with Gasteiger partial charge in [-0.25, -0.2) is 9.97 Å². The highest BCUT2D eigenvalue weighted by Gasteiger charge is 2.25. The SMILES string of the molecule is c1ccc(-c2nc(-c3ccccc3-n3c4ccc(-c5cccnc5-c5ccccc5)cc4c4cc(-c5cccnc5-c5ccccc5)ccc43)cc(-c3ccccc3-n3c4ccc(-c5cccnc5-c5ccccc5)cc4c4cc(-c5cccnc5-c5ccccc5)ccc43)n2)cc1. The predicted octanol–water partition coefficient (Wildman–Crippen LogP) is 22.6. The molecule has 0 unspecified atom stereocenters. The number of pyridine rings is 4. The molecule has 0 atom stereocenters. The normalized spacial score (nSPS) is 11.5. The molecule has 0 radical (unpaired) electrons. The molecule has 0 spiro atoms. The van der Waals surface area contributed by atoms with Crippen molar-refractivity contribution in [3.8, 4) is 135 Å². The molecule has 18 aromatic rings. The molecule has 11 aromatic carbocycles. The summed E-state index contributed by atoms with van der Waals surface area (Å²) in [6.45, 7) is 0. The number of para-hydroxylation sites is 2. The summed E-state index contributed by atoms with van der Waals surface area (Å²) in [6.07, 6.45) is 7.52. The second-order valence-corrected chi connectivity index (χ2v) is 24.5. The van der Waals surface area contributed by atoms with E-state index in [1.54, 1.807) is 0 Å². The van der Waals surface area contributed by atoms with Crippen molar-refractivity contribution in [2.45, 2.75) is 0 Å². The first kappa shape index (κ1) is 57.4. The second-order valence-electron chi connectivity index (χ2n) is 24.5. The number of hydrogen-bond acceptors (Lipinski definition) is 6. The number of aromatic nitrogens is 8. The van der Waals surface area contributed by atoms with E-state index in [2.05, 4.69) is 282 Å². The van der Waals surface area contributed by atoms with E-state index in [0.29, 0.717) is 5.82 Å². The van der Waals surface area contributed by atoms with Crippen molar-refractivity contribution in [1.29, 1.82) is 0 Å². The third-order valence-corrected chi connectivity index (χ3v) is 18.8. The third-order valence-electron chi connectivity index (χ3n) is 18.8. The number of fused-ring (bicyclic) bond motifs is 6. The zero-order chi connectivity index (χ0) is 64.9. The Morgan fingerprint density at radius 3 is 0.745 bits per heavy atom. The minimum atomic E-state index is 0.614. The van der Waals surface area contributed by atoms with Crippen LogP contribution < -0.4 is 0 Å². The fourth-order valence-corrected chi connectivity index (χ4v) is 14.3. The van der Waals surface area contributed by atoms with E-state index in [0.717, 1.165) is 173 Å². The molecule has 8 heteroatoms.